The average molecular weight is 212 g/mol. The van der Waals surface area contributed by atoms with Crippen molar-refractivity contribution in [3.63, 3.8) is 0 Å². The second-order valence-electron chi connectivity index (χ2n) is 3.83. The molecule has 86 valence electrons. The minimum Gasteiger partial charge on any atom is -0.343 e. The Kier molecular flexibility index (Phi) is 4.59. The molecule has 1 saturated heterocycles. The molecule has 0 aliphatic carbocycles. The zero-order valence-electron chi connectivity index (χ0n) is 9.66. The molecule has 1 fully saturated rings. The van der Waals surface area contributed by atoms with Crippen molar-refractivity contribution in [1.82, 2.24) is 9.80 Å². The molecule has 0 N–H and O–H groups in total. The molecule has 0 saturated carbocycles. The standard InChI is InChI=1S/C11H20N2O2/c1-3-12(4-2)10(14)9-11(15)13-7-5-6-8-13/h3-9H2,1-2H3. The Morgan fingerprint density at radius 2 is 1.67 bits per heavy atom. The summed E-state index contributed by atoms with van der Waals surface area (Å²) >= 11 is 0. The fraction of sp³-hybridized carbons (Fsp3) is 0.818. The smallest absolute Gasteiger partial charge is 0.232 e. The van der Waals surface area contributed by atoms with Crippen LogP contribution in [-0.2, 0) is 9.59 Å². The van der Waals surface area contributed by atoms with Crippen molar-refractivity contribution in [3.8, 4) is 0 Å². The van der Waals surface area contributed by atoms with Crippen molar-refractivity contribution in [2.75, 3.05) is 26.2 Å². The largest absolute Gasteiger partial charge is 0.343 e. The van der Waals surface area contributed by atoms with Crippen LogP contribution in [0, 0.1) is 0 Å². The minimum absolute atomic E-state index is 0.00981. The third-order valence-corrected chi connectivity index (χ3v) is 2.88. The topological polar surface area (TPSA) is 40.6 Å². The molecule has 2 amide bonds. The molecule has 0 aromatic carbocycles. The number of nitrogens with zero attached hydrogens (tertiary/aromatic N) is 2. The van der Waals surface area contributed by atoms with Gasteiger partial charge in [-0.15, -0.1) is 0 Å². The van der Waals surface area contributed by atoms with Crippen LogP contribution in [0.25, 0.3) is 0 Å². The predicted octanol–water partition coefficient (Wildman–Crippen LogP) is 0.867. The van der Waals surface area contributed by atoms with Gasteiger partial charge in [-0.2, -0.15) is 0 Å². The van der Waals surface area contributed by atoms with Gasteiger partial charge < -0.3 is 9.80 Å². The van der Waals surface area contributed by atoms with E-state index in [4.69, 9.17) is 0 Å². The quantitative estimate of drug-likeness (QED) is 0.649. The molecular weight excluding hydrogens is 192 g/mol. The molecule has 0 radical (unpaired) electrons. The van der Waals surface area contributed by atoms with Gasteiger partial charge in [0.05, 0.1) is 0 Å². The number of amides is 2. The summed E-state index contributed by atoms with van der Waals surface area (Å²) in [5.74, 6) is -0.0544. The lowest BCUT2D eigenvalue weighted by atomic mass is 10.3. The van der Waals surface area contributed by atoms with Crippen LogP contribution in [0.4, 0.5) is 0 Å². The SMILES string of the molecule is CCN(CC)C(=O)CC(=O)N1CCCC1. The van der Waals surface area contributed by atoms with Crippen LogP contribution >= 0.6 is 0 Å². The second kappa shape index (κ2) is 5.73. The summed E-state index contributed by atoms with van der Waals surface area (Å²) in [6.07, 6.45) is 2.19. The maximum Gasteiger partial charge on any atom is 0.232 e. The van der Waals surface area contributed by atoms with Crippen molar-refractivity contribution in [2.24, 2.45) is 0 Å². The molecule has 0 aromatic rings. The van der Waals surface area contributed by atoms with Crippen LogP contribution in [0.5, 0.6) is 0 Å². The summed E-state index contributed by atoms with van der Waals surface area (Å²) < 4.78 is 0. The Hall–Kier alpha value is -1.06. The molecule has 0 aromatic heterocycles. The maximum atomic E-state index is 11.7. The maximum absolute atomic E-state index is 11.7. The zero-order valence-corrected chi connectivity index (χ0v) is 9.66. The lowest BCUT2D eigenvalue weighted by molar-refractivity contribution is -0.139. The minimum atomic E-state index is -0.0445. The van der Waals surface area contributed by atoms with E-state index in [9.17, 15) is 9.59 Å². The van der Waals surface area contributed by atoms with Crippen molar-refractivity contribution < 1.29 is 9.59 Å². The molecule has 0 atom stereocenters. The van der Waals surface area contributed by atoms with E-state index in [1.54, 1.807) is 9.80 Å². The fourth-order valence-electron chi connectivity index (χ4n) is 1.90. The van der Waals surface area contributed by atoms with Gasteiger partial charge in [-0.1, -0.05) is 0 Å². The number of rotatable bonds is 4. The first-order chi connectivity index (χ1) is 7.19. The summed E-state index contributed by atoms with van der Waals surface area (Å²) in [5, 5.41) is 0. The fourth-order valence-corrected chi connectivity index (χ4v) is 1.90. The van der Waals surface area contributed by atoms with Crippen LogP contribution in [0.15, 0.2) is 0 Å². The van der Waals surface area contributed by atoms with Gasteiger partial charge in [0.2, 0.25) is 11.8 Å². The normalized spacial score (nSPS) is 15.5. The molecule has 0 unspecified atom stereocenters. The summed E-state index contributed by atoms with van der Waals surface area (Å²) in [6.45, 7) is 6.88. The third-order valence-electron chi connectivity index (χ3n) is 2.88. The van der Waals surface area contributed by atoms with Crippen LogP contribution in [0.1, 0.15) is 33.1 Å². The molecule has 1 heterocycles. The molecule has 4 nitrogen and oxygen atoms in total. The van der Waals surface area contributed by atoms with E-state index < -0.39 is 0 Å². The Morgan fingerprint density at radius 3 is 2.13 bits per heavy atom. The van der Waals surface area contributed by atoms with E-state index in [-0.39, 0.29) is 18.2 Å². The summed E-state index contributed by atoms with van der Waals surface area (Å²) in [5.41, 5.74) is 0. The van der Waals surface area contributed by atoms with Crippen LogP contribution in [-0.4, -0.2) is 47.8 Å². The van der Waals surface area contributed by atoms with Gasteiger partial charge >= 0.3 is 0 Å². The van der Waals surface area contributed by atoms with Gasteiger partial charge in [-0.05, 0) is 26.7 Å². The van der Waals surface area contributed by atoms with E-state index in [0.717, 1.165) is 25.9 Å². The van der Waals surface area contributed by atoms with Crippen LogP contribution in [0.2, 0.25) is 0 Å². The molecule has 1 aliphatic heterocycles. The van der Waals surface area contributed by atoms with Crippen molar-refractivity contribution in [2.45, 2.75) is 33.1 Å². The Bertz CT molecular complexity index is 219. The highest BCUT2D eigenvalue weighted by Gasteiger charge is 2.22. The Balaban J connectivity index is 2.39. The summed E-state index contributed by atoms with van der Waals surface area (Å²) in [6, 6.07) is 0. The zero-order chi connectivity index (χ0) is 11.3. The van der Waals surface area contributed by atoms with E-state index in [0.29, 0.717) is 13.1 Å². The Labute approximate surface area is 91.2 Å². The highest BCUT2D eigenvalue weighted by Crippen LogP contribution is 2.09. The van der Waals surface area contributed by atoms with Crippen molar-refractivity contribution in [3.05, 3.63) is 0 Å². The lowest BCUT2D eigenvalue weighted by Gasteiger charge is -2.20. The number of carbonyl (C=O) groups is 2. The summed E-state index contributed by atoms with van der Waals surface area (Å²) in [4.78, 5) is 26.8. The molecule has 1 aliphatic rings. The molecule has 0 bridgehead atoms. The number of hydrogen-bond donors (Lipinski definition) is 0. The molecular formula is C11H20N2O2. The molecule has 1 rings (SSSR count). The van der Waals surface area contributed by atoms with Gasteiger partial charge in [-0.3, -0.25) is 9.59 Å². The third kappa shape index (κ3) is 3.22. The summed E-state index contributed by atoms with van der Waals surface area (Å²) in [7, 11) is 0. The predicted molar refractivity (Wildman–Crippen MR) is 58.4 cm³/mol. The highest BCUT2D eigenvalue weighted by molar-refractivity contribution is 5.96. The first-order valence-corrected chi connectivity index (χ1v) is 5.74. The second-order valence-corrected chi connectivity index (χ2v) is 3.83. The van der Waals surface area contributed by atoms with Crippen molar-refractivity contribution >= 4 is 11.8 Å². The van der Waals surface area contributed by atoms with Crippen LogP contribution < -0.4 is 0 Å². The van der Waals surface area contributed by atoms with E-state index in [1.165, 1.54) is 0 Å². The molecule has 4 heteroatoms. The lowest BCUT2D eigenvalue weighted by Crippen LogP contribution is -2.36. The van der Waals surface area contributed by atoms with Gasteiger partial charge in [0.25, 0.3) is 0 Å². The first-order valence-electron chi connectivity index (χ1n) is 5.74. The molecule has 0 spiro atoms. The van der Waals surface area contributed by atoms with E-state index in [1.807, 2.05) is 13.8 Å². The Morgan fingerprint density at radius 1 is 1.13 bits per heavy atom. The van der Waals surface area contributed by atoms with E-state index in [2.05, 4.69) is 0 Å². The van der Waals surface area contributed by atoms with Crippen molar-refractivity contribution in [1.29, 1.82) is 0 Å². The number of likely N-dealkylation sites (tertiary alicyclic amines) is 1. The monoisotopic (exact) mass is 212 g/mol. The van der Waals surface area contributed by atoms with Gasteiger partial charge in [-0.25, -0.2) is 0 Å². The van der Waals surface area contributed by atoms with Gasteiger partial charge in [0.1, 0.15) is 6.42 Å². The number of carbonyl (C=O) groups excluding carboxylic acids is 2. The first kappa shape index (κ1) is 12.0. The van der Waals surface area contributed by atoms with Gasteiger partial charge in [0, 0.05) is 26.2 Å². The van der Waals surface area contributed by atoms with Crippen LogP contribution in [0.3, 0.4) is 0 Å². The highest BCUT2D eigenvalue weighted by atomic mass is 16.2. The van der Waals surface area contributed by atoms with Gasteiger partial charge in [0.15, 0.2) is 0 Å². The van der Waals surface area contributed by atoms with E-state index >= 15 is 0 Å². The average Bonchev–Trinajstić information content (AvgIpc) is 2.72. The molecule has 15 heavy (non-hydrogen) atoms. The number of hydrogen-bond acceptors (Lipinski definition) is 2.